The number of aliphatic hydroxyl groups excluding tert-OH is 2. The second kappa shape index (κ2) is 17.6. The van der Waals surface area contributed by atoms with Gasteiger partial charge in [-0.15, -0.1) is 0 Å². The lowest BCUT2D eigenvalue weighted by Gasteiger charge is -2.38. The van der Waals surface area contributed by atoms with Gasteiger partial charge in [0, 0.05) is 73.3 Å². The summed E-state index contributed by atoms with van der Waals surface area (Å²) in [5, 5.41) is 63.5. The number of nitrogens with one attached hydrogen (secondary N) is 2. The topological polar surface area (TPSA) is 226 Å². The van der Waals surface area contributed by atoms with E-state index < -0.39 is 88.8 Å². The van der Waals surface area contributed by atoms with E-state index in [1.165, 1.54) is 59.5 Å². The number of phenols is 3. The molecule has 0 spiro atoms. The lowest BCUT2D eigenvalue weighted by Crippen LogP contribution is -2.46. The summed E-state index contributed by atoms with van der Waals surface area (Å²) in [5.41, 5.74) is -0.168. The van der Waals surface area contributed by atoms with Gasteiger partial charge in [-0.1, -0.05) is 45.9 Å². The number of aliphatic hydroxyl groups is 2. The number of phenolic OH excluding ortho intramolecular Hbond substituents is 3. The third-order valence-electron chi connectivity index (χ3n) is 11.3. The maximum Gasteiger partial charge on any atom is 0.312 e. The summed E-state index contributed by atoms with van der Waals surface area (Å²) in [6.45, 7) is 12.5. The van der Waals surface area contributed by atoms with Crippen LogP contribution in [-0.2, 0) is 36.9 Å². The van der Waals surface area contributed by atoms with Crippen LogP contribution in [0.4, 0.5) is 5.69 Å². The number of methoxy groups -OCH3 is 1. The minimum atomic E-state index is -2.04. The van der Waals surface area contributed by atoms with Crippen molar-refractivity contribution in [3.05, 3.63) is 77.0 Å². The quantitative estimate of drug-likeness (QED) is 0.0910. The molecule has 1 aromatic heterocycles. The van der Waals surface area contributed by atoms with Gasteiger partial charge in [-0.3, -0.25) is 14.4 Å². The van der Waals surface area contributed by atoms with Gasteiger partial charge < -0.3 is 59.5 Å². The minimum absolute atomic E-state index is 0.00634. The zero-order valence-corrected chi connectivity index (χ0v) is 34.2. The number of hydrogen-bond donors (Lipinski definition) is 7. The summed E-state index contributed by atoms with van der Waals surface area (Å²) in [7, 11) is 1.43. The molecule has 314 valence electrons. The fraction of sp³-hybridized carbons (Fsp3) is 0.465. The molecular formula is C43H54N2O13. The van der Waals surface area contributed by atoms with E-state index in [1.807, 2.05) is 0 Å². The molecule has 3 aromatic rings. The van der Waals surface area contributed by atoms with Gasteiger partial charge in [0.1, 0.15) is 29.1 Å². The SMILES string of the molecule is CO[C@H]1/C=C/O[C@@]2(C)Oc3c(C)c(O)c4c(O)c(c(CNCc5ccco5)c(O)c4c3C2=O)NC(=O)/C(C)=C\C=C\[C@H](C)[C@H](O)[C@@H](C)[C@@H](O)[C@@H](C)[C@H](OC(C)=O)[C@@H]1C. The Kier molecular flexibility index (Phi) is 13.3. The Labute approximate surface area is 336 Å². The fourth-order valence-electron chi connectivity index (χ4n) is 7.68. The monoisotopic (exact) mass is 806 g/mol. The first-order chi connectivity index (χ1) is 27.3. The molecule has 6 rings (SSSR count). The standard InChI is InChI=1S/C43H54N2O13/c1-20-12-10-13-21(2)42(53)45-33-28(19-44-18-27-14-11-16-55-27)37(50)30-31(38(33)51)36(49)25(6)40-32(30)41(52)43(8,58-40)56-17-15-29(54-9)22(3)39(57-26(7)46)24(5)35(48)23(4)34(20)47/h10-17,20,22-24,29,34-35,39,44,47-51H,18-19H2,1-9H3,(H,45,53)/b12-10+,17-15+,21-13-/t20-,22+,23+,24+,29-,34-,35+,39+,43-/m0/s1. The van der Waals surface area contributed by atoms with Crippen molar-refractivity contribution in [2.75, 3.05) is 12.4 Å². The molecule has 0 fully saturated rings. The van der Waals surface area contributed by atoms with Crippen molar-refractivity contribution in [1.29, 1.82) is 0 Å². The molecule has 15 nitrogen and oxygen atoms in total. The second-order valence-electron chi connectivity index (χ2n) is 15.4. The third-order valence-corrected chi connectivity index (χ3v) is 11.3. The predicted octanol–water partition coefficient (Wildman–Crippen LogP) is 5.64. The van der Waals surface area contributed by atoms with E-state index in [0.29, 0.717) is 5.76 Å². The molecule has 3 aliphatic heterocycles. The number of rotatable bonds is 6. The van der Waals surface area contributed by atoms with E-state index in [-0.39, 0.29) is 57.6 Å². The van der Waals surface area contributed by atoms with Crippen LogP contribution in [-0.4, -0.2) is 80.5 Å². The summed E-state index contributed by atoms with van der Waals surface area (Å²) >= 11 is 0. The van der Waals surface area contributed by atoms with Crippen LogP contribution in [0.3, 0.4) is 0 Å². The molecule has 0 saturated heterocycles. The van der Waals surface area contributed by atoms with Crippen LogP contribution >= 0.6 is 0 Å². The van der Waals surface area contributed by atoms with Crippen LogP contribution in [0.5, 0.6) is 23.0 Å². The molecule has 4 heterocycles. The summed E-state index contributed by atoms with van der Waals surface area (Å²) in [4.78, 5) is 40.4. The van der Waals surface area contributed by atoms with E-state index in [0.717, 1.165) is 0 Å². The van der Waals surface area contributed by atoms with Gasteiger partial charge in [-0.25, -0.2) is 0 Å². The van der Waals surface area contributed by atoms with Gasteiger partial charge in [0.2, 0.25) is 0 Å². The first-order valence-corrected chi connectivity index (χ1v) is 19.1. The van der Waals surface area contributed by atoms with Crippen molar-refractivity contribution in [2.24, 2.45) is 23.7 Å². The lowest BCUT2D eigenvalue weighted by molar-refractivity contribution is -0.160. The molecule has 2 aromatic carbocycles. The average Bonchev–Trinajstić information content (AvgIpc) is 3.80. The van der Waals surface area contributed by atoms with Gasteiger partial charge in [0.15, 0.2) is 5.75 Å². The van der Waals surface area contributed by atoms with Crippen LogP contribution in [0.1, 0.15) is 75.7 Å². The Morgan fingerprint density at radius 2 is 1.66 bits per heavy atom. The van der Waals surface area contributed by atoms with Gasteiger partial charge in [-0.2, -0.15) is 0 Å². The molecule has 9 atom stereocenters. The first kappa shape index (κ1) is 43.8. The number of hydrogen-bond acceptors (Lipinski definition) is 14. The number of esters is 1. The van der Waals surface area contributed by atoms with Crippen LogP contribution < -0.4 is 15.4 Å². The number of ketones is 1. The maximum absolute atomic E-state index is 14.4. The molecule has 0 saturated carbocycles. The fourth-order valence-corrected chi connectivity index (χ4v) is 7.68. The number of Topliss-reactive ketones (excluding diaryl/α,β-unsaturated/α-hetero) is 1. The lowest BCUT2D eigenvalue weighted by atomic mass is 9.78. The van der Waals surface area contributed by atoms with E-state index in [2.05, 4.69) is 10.6 Å². The molecular weight excluding hydrogens is 752 g/mol. The van der Waals surface area contributed by atoms with E-state index >= 15 is 0 Å². The average molecular weight is 807 g/mol. The molecule has 1 amide bonds. The highest BCUT2D eigenvalue weighted by molar-refractivity contribution is 6.22. The number of fused-ring (bicyclic) bond motifs is 14. The summed E-state index contributed by atoms with van der Waals surface area (Å²) in [6.07, 6.45) is 5.05. The van der Waals surface area contributed by atoms with E-state index in [9.17, 15) is 39.9 Å². The molecule has 3 aliphatic rings. The summed E-state index contributed by atoms with van der Waals surface area (Å²) < 4.78 is 29.0. The largest absolute Gasteiger partial charge is 0.507 e. The second-order valence-corrected chi connectivity index (χ2v) is 15.4. The molecule has 0 unspecified atom stereocenters. The van der Waals surface area contributed by atoms with Crippen molar-refractivity contribution in [1.82, 2.24) is 5.32 Å². The van der Waals surface area contributed by atoms with Crippen LogP contribution in [0.2, 0.25) is 0 Å². The molecule has 0 radical (unpaired) electrons. The van der Waals surface area contributed by atoms with E-state index in [1.54, 1.807) is 52.0 Å². The van der Waals surface area contributed by atoms with Crippen LogP contribution in [0, 0.1) is 30.6 Å². The minimum Gasteiger partial charge on any atom is -0.507 e. The smallest absolute Gasteiger partial charge is 0.312 e. The number of ether oxygens (including phenoxy) is 4. The zero-order valence-electron chi connectivity index (χ0n) is 34.2. The number of aromatic hydroxyl groups is 3. The normalized spacial score (nSPS) is 30.3. The highest BCUT2D eigenvalue weighted by atomic mass is 16.7. The van der Waals surface area contributed by atoms with Crippen LogP contribution in [0.25, 0.3) is 10.8 Å². The van der Waals surface area contributed by atoms with Gasteiger partial charge in [0.05, 0.1) is 54.0 Å². The molecule has 5 bridgehead atoms. The van der Waals surface area contributed by atoms with Crippen molar-refractivity contribution in [3.8, 4) is 23.0 Å². The Balaban J connectivity index is 1.68. The van der Waals surface area contributed by atoms with E-state index in [4.69, 9.17) is 23.4 Å². The highest BCUT2D eigenvalue weighted by Gasteiger charge is 2.50. The van der Waals surface area contributed by atoms with Crippen molar-refractivity contribution in [3.63, 3.8) is 0 Å². The molecule has 58 heavy (non-hydrogen) atoms. The number of carbonyl (C=O) groups is 3. The zero-order chi connectivity index (χ0) is 42.8. The predicted molar refractivity (Wildman–Crippen MR) is 213 cm³/mol. The highest BCUT2D eigenvalue weighted by Crippen LogP contribution is 2.55. The number of allylic oxidation sites excluding steroid dienone is 2. The van der Waals surface area contributed by atoms with Crippen LogP contribution in [0.15, 0.2) is 59.0 Å². The Morgan fingerprint density at radius 3 is 2.29 bits per heavy atom. The van der Waals surface area contributed by atoms with Gasteiger partial charge in [-0.05, 0) is 32.1 Å². The third kappa shape index (κ3) is 8.44. The van der Waals surface area contributed by atoms with Crippen molar-refractivity contribution in [2.45, 2.75) is 98.7 Å². The number of furan rings is 1. The van der Waals surface area contributed by atoms with Crippen molar-refractivity contribution >= 4 is 34.1 Å². The number of anilines is 1. The molecule has 7 N–H and O–H groups in total. The van der Waals surface area contributed by atoms with Gasteiger partial charge in [0.25, 0.3) is 11.7 Å². The Morgan fingerprint density at radius 1 is 0.948 bits per heavy atom. The first-order valence-electron chi connectivity index (χ1n) is 19.1. The Hall–Kier alpha value is -5.35. The van der Waals surface area contributed by atoms with Crippen molar-refractivity contribution < 1.29 is 63.3 Å². The number of benzene rings is 2. The van der Waals surface area contributed by atoms with Gasteiger partial charge >= 0.3 is 11.8 Å². The summed E-state index contributed by atoms with van der Waals surface area (Å²) in [6, 6.07) is 3.44. The molecule has 0 aliphatic carbocycles. The number of amides is 1. The summed E-state index contributed by atoms with van der Waals surface area (Å²) in [5.74, 6) is -7.70. The Bertz CT molecular complexity index is 2120. The molecule has 15 heteroatoms. The maximum atomic E-state index is 14.4. The number of carbonyl (C=O) groups excluding carboxylic acids is 3.